The van der Waals surface area contributed by atoms with Crippen LogP contribution in [0.5, 0.6) is 0 Å². The van der Waals surface area contributed by atoms with Crippen molar-refractivity contribution in [3.8, 4) is 0 Å². The number of rotatable bonds is 7. The summed E-state index contributed by atoms with van der Waals surface area (Å²) in [5, 5.41) is 2.81. The van der Waals surface area contributed by atoms with Gasteiger partial charge in [-0.15, -0.1) is 11.8 Å². The van der Waals surface area contributed by atoms with Gasteiger partial charge in [-0.05, 0) is 30.9 Å². The maximum atomic E-state index is 13.4. The third-order valence-electron chi connectivity index (χ3n) is 3.86. The van der Waals surface area contributed by atoms with Crippen LogP contribution in [0, 0.1) is 11.7 Å². The third-order valence-corrected chi connectivity index (χ3v) is 4.88. The number of benzene rings is 1. The molecule has 0 radical (unpaired) electrons. The van der Waals surface area contributed by atoms with Gasteiger partial charge in [-0.1, -0.05) is 31.4 Å². The van der Waals surface area contributed by atoms with E-state index in [1.807, 2.05) is 0 Å². The van der Waals surface area contributed by atoms with E-state index in [4.69, 9.17) is 4.74 Å². The summed E-state index contributed by atoms with van der Waals surface area (Å²) in [5.74, 6) is -0.641. The molecule has 0 atom stereocenters. The van der Waals surface area contributed by atoms with Gasteiger partial charge in [0.2, 0.25) is 0 Å². The molecule has 1 amide bonds. The molecular weight excluding hydrogens is 317 g/mol. The molecule has 0 unspecified atom stereocenters. The Morgan fingerprint density at radius 1 is 1.22 bits per heavy atom. The van der Waals surface area contributed by atoms with Crippen LogP contribution in [0.15, 0.2) is 29.2 Å². The summed E-state index contributed by atoms with van der Waals surface area (Å²) in [6, 6.07) is 6.24. The van der Waals surface area contributed by atoms with Crippen LogP contribution >= 0.6 is 11.8 Å². The van der Waals surface area contributed by atoms with Crippen molar-refractivity contribution in [2.24, 2.45) is 5.92 Å². The van der Waals surface area contributed by atoms with E-state index in [2.05, 4.69) is 5.32 Å². The van der Waals surface area contributed by atoms with E-state index in [1.165, 1.54) is 25.3 Å². The van der Waals surface area contributed by atoms with Crippen LogP contribution in [0.4, 0.5) is 4.39 Å². The predicted molar refractivity (Wildman–Crippen MR) is 87.7 cm³/mol. The first kappa shape index (κ1) is 17.8. The summed E-state index contributed by atoms with van der Waals surface area (Å²) >= 11 is 1.06. The van der Waals surface area contributed by atoms with Crippen LogP contribution in [-0.2, 0) is 14.3 Å². The monoisotopic (exact) mass is 339 g/mol. The van der Waals surface area contributed by atoms with Crippen molar-refractivity contribution in [1.29, 1.82) is 0 Å². The largest absolute Gasteiger partial charge is 0.455 e. The van der Waals surface area contributed by atoms with E-state index >= 15 is 0 Å². The maximum absolute atomic E-state index is 13.4. The first-order valence-corrected chi connectivity index (χ1v) is 8.93. The van der Waals surface area contributed by atoms with Crippen molar-refractivity contribution in [2.75, 3.05) is 18.9 Å². The molecule has 0 saturated heterocycles. The maximum Gasteiger partial charge on any atom is 0.316 e. The molecule has 1 saturated carbocycles. The van der Waals surface area contributed by atoms with Gasteiger partial charge in [-0.25, -0.2) is 4.39 Å². The summed E-state index contributed by atoms with van der Waals surface area (Å²) in [6.45, 7) is 0.379. The van der Waals surface area contributed by atoms with Gasteiger partial charge in [0.25, 0.3) is 5.91 Å². The zero-order valence-electron chi connectivity index (χ0n) is 13.1. The molecular formula is C17H22FNO3S. The molecule has 23 heavy (non-hydrogen) atoms. The lowest BCUT2D eigenvalue weighted by atomic mass is 9.89. The number of hydrogen-bond donors (Lipinski definition) is 1. The lowest BCUT2D eigenvalue weighted by Gasteiger charge is -2.21. The van der Waals surface area contributed by atoms with Crippen LogP contribution in [0.25, 0.3) is 0 Å². The Hall–Kier alpha value is -1.56. The minimum absolute atomic E-state index is 0.0170. The van der Waals surface area contributed by atoms with E-state index in [0.717, 1.165) is 24.6 Å². The Bertz CT molecular complexity index is 532. The molecule has 2 rings (SSSR count). The van der Waals surface area contributed by atoms with Crippen molar-refractivity contribution < 1.29 is 18.7 Å². The number of thioether (sulfide) groups is 1. The highest BCUT2D eigenvalue weighted by Gasteiger charge is 2.15. The molecule has 1 fully saturated rings. The van der Waals surface area contributed by atoms with Gasteiger partial charge in [0.1, 0.15) is 5.82 Å². The van der Waals surface area contributed by atoms with Gasteiger partial charge in [0.15, 0.2) is 6.61 Å². The molecule has 126 valence electrons. The van der Waals surface area contributed by atoms with Crippen LogP contribution in [-0.4, -0.2) is 30.8 Å². The molecule has 1 aliphatic carbocycles. The summed E-state index contributed by atoms with van der Waals surface area (Å²) in [5.41, 5.74) is 0. The summed E-state index contributed by atoms with van der Waals surface area (Å²) in [7, 11) is 0. The fraction of sp³-hybridized carbons (Fsp3) is 0.529. The van der Waals surface area contributed by atoms with E-state index in [9.17, 15) is 14.0 Å². The number of nitrogens with one attached hydrogen (secondary N) is 1. The second-order valence-corrected chi connectivity index (χ2v) is 6.71. The Labute approximate surface area is 140 Å². The van der Waals surface area contributed by atoms with Gasteiger partial charge in [-0.2, -0.15) is 0 Å². The highest BCUT2D eigenvalue weighted by atomic mass is 32.2. The standard InChI is InChI=1S/C17H22FNO3S/c18-14-8-4-5-9-15(14)23-12-17(21)22-11-16(20)19-10-13-6-2-1-3-7-13/h4-5,8-9,13H,1-3,6-7,10-12H2,(H,19,20). The molecule has 1 aliphatic rings. The molecule has 0 heterocycles. The second-order valence-electron chi connectivity index (χ2n) is 5.69. The SMILES string of the molecule is O=C(COC(=O)CSc1ccccc1F)NCC1CCCCC1. The van der Waals surface area contributed by atoms with Crippen LogP contribution in [0.3, 0.4) is 0 Å². The predicted octanol–water partition coefficient (Wildman–Crippen LogP) is 3.16. The molecule has 4 nitrogen and oxygen atoms in total. The number of esters is 1. The van der Waals surface area contributed by atoms with E-state index in [0.29, 0.717) is 17.4 Å². The Morgan fingerprint density at radius 2 is 1.96 bits per heavy atom. The number of hydrogen-bond acceptors (Lipinski definition) is 4. The highest BCUT2D eigenvalue weighted by molar-refractivity contribution is 8.00. The smallest absolute Gasteiger partial charge is 0.316 e. The van der Waals surface area contributed by atoms with Crippen LogP contribution in [0.2, 0.25) is 0 Å². The number of amides is 1. The quantitative estimate of drug-likeness (QED) is 0.612. The van der Waals surface area contributed by atoms with Crippen molar-refractivity contribution in [2.45, 2.75) is 37.0 Å². The van der Waals surface area contributed by atoms with Crippen molar-refractivity contribution in [3.05, 3.63) is 30.1 Å². The van der Waals surface area contributed by atoms with Gasteiger partial charge < -0.3 is 10.1 Å². The first-order chi connectivity index (χ1) is 11.1. The molecule has 1 N–H and O–H groups in total. The average Bonchev–Trinajstić information content (AvgIpc) is 2.58. The zero-order chi connectivity index (χ0) is 16.5. The van der Waals surface area contributed by atoms with E-state index < -0.39 is 5.97 Å². The van der Waals surface area contributed by atoms with Crippen LogP contribution < -0.4 is 5.32 Å². The lowest BCUT2D eigenvalue weighted by Crippen LogP contribution is -2.33. The molecule has 0 bridgehead atoms. The molecule has 1 aromatic rings. The summed E-state index contributed by atoms with van der Waals surface area (Å²) in [6.07, 6.45) is 6.03. The molecule has 0 spiro atoms. The topological polar surface area (TPSA) is 55.4 Å². The first-order valence-electron chi connectivity index (χ1n) is 7.95. The van der Waals surface area contributed by atoms with Crippen molar-refractivity contribution in [1.82, 2.24) is 5.32 Å². The van der Waals surface area contributed by atoms with Gasteiger partial charge in [0.05, 0.1) is 5.75 Å². The molecule has 0 aromatic heterocycles. The highest BCUT2D eigenvalue weighted by Crippen LogP contribution is 2.23. The minimum atomic E-state index is -0.522. The van der Waals surface area contributed by atoms with Gasteiger partial charge in [0, 0.05) is 11.4 Å². The Balaban J connectivity index is 1.60. The summed E-state index contributed by atoms with van der Waals surface area (Å²) < 4.78 is 18.3. The molecule has 1 aromatic carbocycles. The number of carbonyl (C=O) groups excluding carboxylic acids is 2. The molecule has 0 aliphatic heterocycles. The zero-order valence-corrected chi connectivity index (χ0v) is 13.9. The van der Waals surface area contributed by atoms with Gasteiger partial charge in [-0.3, -0.25) is 9.59 Å². The lowest BCUT2D eigenvalue weighted by molar-refractivity contribution is -0.146. The minimum Gasteiger partial charge on any atom is -0.455 e. The number of carbonyl (C=O) groups is 2. The second kappa shape index (κ2) is 9.55. The summed E-state index contributed by atoms with van der Waals surface area (Å²) in [4.78, 5) is 23.7. The fourth-order valence-electron chi connectivity index (χ4n) is 2.59. The Kier molecular flexibility index (Phi) is 7.39. The molecule has 6 heteroatoms. The van der Waals surface area contributed by atoms with Crippen molar-refractivity contribution >= 4 is 23.6 Å². The van der Waals surface area contributed by atoms with Gasteiger partial charge >= 0.3 is 5.97 Å². The number of halogens is 1. The normalized spacial score (nSPS) is 15.2. The Morgan fingerprint density at radius 3 is 2.70 bits per heavy atom. The van der Waals surface area contributed by atoms with Crippen molar-refractivity contribution in [3.63, 3.8) is 0 Å². The van der Waals surface area contributed by atoms with E-state index in [1.54, 1.807) is 18.2 Å². The number of ether oxygens (including phenoxy) is 1. The fourth-order valence-corrected chi connectivity index (χ4v) is 3.32. The van der Waals surface area contributed by atoms with E-state index in [-0.39, 0.29) is 24.1 Å². The third kappa shape index (κ3) is 6.60. The van der Waals surface area contributed by atoms with Crippen LogP contribution in [0.1, 0.15) is 32.1 Å². The average molecular weight is 339 g/mol.